The van der Waals surface area contributed by atoms with Crippen LogP contribution in [-0.4, -0.2) is 17.3 Å². The van der Waals surface area contributed by atoms with Crippen molar-refractivity contribution in [3.63, 3.8) is 0 Å². The molecule has 0 aliphatic heterocycles. The minimum atomic E-state index is -0.0161. The summed E-state index contributed by atoms with van der Waals surface area (Å²) in [5.74, 6) is 0.143. The van der Waals surface area contributed by atoms with E-state index in [2.05, 4.69) is 46.9 Å². The Bertz CT molecular complexity index is 369. The van der Waals surface area contributed by atoms with E-state index in [0.29, 0.717) is 6.54 Å². The first kappa shape index (κ1) is 13.4. The smallest absolute Gasteiger partial charge is 0.185 e. The molecule has 0 fully saturated rings. The number of guanidine groups is 1. The van der Waals surface area contributed by atoms with Crippen LogP contribution in [-0.2, 0) is 0 Å². The Morgan fingerprint density at radius 2 is 1.88 bits per heavy atom. The molecule has 0 amide bonds. The van der Waals surface area contributed by atoms with Crippen molar-refractivity contribution >= 4 is 33.7 Å². The lowest BCUT2D eigenvalue weighted by atomic mass is 10.2. The lowest BCUT2D eigenvalue weighted by Crippen LogP contribution is -2.27. The van der Waals surface area contributed by atoms with Gasteiger partial charge in [-0.05, 0) is 38.1 Å². The summed E-state index contributed by atoms with van der Waals surface area (Å²) in [6.07, 6.45) is 0. The van der Waals surface area contributed by atoms with E-state index in [9.17, 15) is 0 Å². The highest BCUT2D eigenvalue weighted by atomic mass is 79.9. The molecule has 3 nitrogen and oxygen atoms in total. The van der Waals surface area contributed by atoms with Crippen LogP contribution in [0.5, 0.6) is 0 Å². The topological polar surface area (TPSA) is 64.4 Å². The number of aliphatic imine (C=N–C) groups is 1. The Balaban J connectivity index is 2.65. The van der Waals surface area contributed by atoms with Crippen LogP contribution >= 0.6 is 27.7 Å². The molecule has 0 saturated heterocycles. The third-order valence-electron chi connectivity index (χ3n) is 1.85. The van der Waals surface area contributed by atoms with Crippen LogP contribution in [0.25, 0.3) is 0 Å². The number of nitrogens with two attached hydrogens (primary N) is 2. The second kappa shape index (κ2) is 5.59. The van der Waals surface area contributed by atoms with Crippen molar-refractivity contribution in [3.8, 4) is 0 Å². The Morgan fingerprint density at radius 3 is 2.38 bits per heavy atom. The molecular formula is C11H16BrN3S. The molecule has 88 valence electrons. The third kappa shape index (κ3) is 4.90. The molecule has 0 atom stereocenters. The molecule has 0 heterocycles. The number of hydrogen-bond donors (Lipinski definition) is 2. The van der Waals surface area contributed by atoms with E-state index in [1.165, 1.54) is 4.90 Å². The average molecular weight is 302 g/mol. The van der Waals surface area contributed by atoms with Crippen molar-refractivity contribution in [3.05, 3.63) is 28.7 Å². The van der Waals surface area contributed by atoms with Gasteiger partial charge in [0.1, 0.15) is 0 Å². The van der Waals surface area contributed by atoms with E-state index in [4.69, 9.17) is 11.5 Å². The number of nitrogens with zero attached hydrogens (tertiary/aromatic N) is 1. The van der Waals surface area contributed by atoms with Gasteiger partial charge in [-0.3, -0.25) is 4.99 Å². The van der Waals surface area contributed by atoms with E-state index < -0.39 is 0 Å². The Kier molecular flexibility index (Phi) is 4.68. The van der Waals surface area contributed by atoms with Gasteiger partial charge in [0.25, 0.3) is 0 Å². The van der Waals surface area contributed by atoms with E-state index in [1.807, 2.05) is 12.1 Å². The van der Waals surface area contributed by atoms with Crippen LogP contribution in [0.1, 0.15) is 13.8 Å². The molecule has 1 aromatic carbocycles. The van der Waals surface area contributed by atoms with Crippen molar-refractivity contribution in [1.82, 2.24) is 0 Å². The van der Waals surface area contributed by atoms with Gasteiger partial charge in [0, 0.05) is 14.1 Å². The van der Waals surface area contributed by atoms with Crippen LogP contribution < -0.4 is 11.5 Å². The fourth-order valence-corrected chi connectivity index (χ4v) is 2.44. The summed E-state index contributed by atoms with van der Waals surface area (Å²) in [5.41, 5.74) is 10.7. The zero-order chi connectivity index (χ0) is 12.2. The van der Waals surface area contributed by atoms with Crippen LogP contribution in [0, 0.1) is 0 Å². The van der Waals surface area contributed by atoms with E-state index in [0.717, 1.165) is 4.47 Å². The Labute approximate surface area is 109 Å². The summed E-state index contributed by atoms with van der Waals surface area (Å²) >= 11 is 5.17. The van der Waals surface area contributed by atoms with Crippen LogP contribution in [0.4, 0.5) is 0 Å². The number of thioether (sulfide) groups is 1. The van der Waals surface area contributed by atoms with Gasteiger partial charge in [0.15, 0.2) is 5.96 Å². The summed E-state index contributed by atoms with van der Waals surface area (Å²) < 4.78 is 1.07. The molecule has 4 N–H and O–H groups in total. The van der Waals surface area contributed by atoms with Gasteiger partial charge in [0.2, 0.25) is 0 Å². The molecule has 0 aromatic heterocycles. The molecule has 0 aliphatic rings. The molecule has 0 radical (unpaired) electrons. The monoisotopic (exact) mass is 301 g/mol. The minimum Gasteiger partial charge on any atom is -0.370 e. The molecule has 0 unspecified atom stereocenters. The Morgan fingerprint density at radius 1 is 1.31 bits per heavy atom. The molecule has 1 rings (SSSR count). The summed E-state index contributed by atoms with van der Waals surface area (Å²) in [4.78, 5) is 5.26. The number of hydrogen-bond acceptors (Lipinski definition) is 2. The summed E-state index contributed by atoms with van der Waals surface area (Å²) in [7, 11) is 0. The largest absolute Gasteiger partial charge is 0.370 e. The first-order valence-corrected chi connectivity index (χ1v) is 6.50. The molecule has 16 heavy (non-hydrogen) atoms. The molecule has 5 heteroatoms. The average Bonchev–Trinajstić information content (AvgIpc) is 2.19. The summed E-state index contributed by atoms with van der Waals surface area (Å²) in [6.45, 7) is 4.84. The van der Waals surface area contributed by atoms with E-state index in [-0.39, 0.29) is 10.7 Å². The molecular weight excluding hydrogens is 286 g/mol. The zero-order valence-corrected chi connectivity index (χ0v) is 11.8. The lowest BCUT2D eigenvalue weighted by molar-refractivity contribution is 0.723. The molecule has 1 aromatic rings. The molecule has 0 aliphatic carbocycles. The second-order valence-electron chi connectivity index (χ2n) is 4.06. The molecule has 0 bridgehead atoms. The van der Waals surface area contributed by atoms with E-state index in [1.54, 1.807) is 11.8 Å². The lowest BCUT2D eigenvalue weighted by Gasteiger charge is -2.21. The van der Waals surface area contributed by atoms with Crippen molar-refractivity contribution in [2.75, 3.05) is 6.54 Å². The number of rotatable bonds is 4. The molecule has 0 saturated carbocycles. The predicted octanol–water partition coefficient (Wildman–Crippen LogP) is 2.59. The van der Waals surface area contributed by atoms with Crippen LogP contribution in [0.2, 0.25) is 0 Å². The third-order valence-corrected chi connectivity index (χ3v) is 3.57. The predicted molar refractivity (Wildman–Crippen MR) is 74.8 cm³/mol. The van der Waals surface area contributed by atoms with Gasteiger partial charge < -0.3 is 11.5 Å². The maximum atomic E-state index is 5.33. The first-order chi connectivity index (χ1) is 7.39. The summed E-state index contributed by atoms with van der Waals surface area (Å²) in [6, 6.07) is 8.20. The van der Waals surface area contributed by atoms with Gasteiger partial charge >= 0.3 is 0 Å². The maximum Gasteiger partial charge on any atom is 0.185 e. The maximum absolute atomic E-state index is 5.33. The Hall–Kier alpha value is -0.680. The fraction of sp³-hybridized carbons (Fsp3) is 0.364. The quantitative estimate of drug-likeness (QED) is 0.510. The van der Waals surface area contributed by atoms with Crippen molar-refractivity contribution < 1.29 is 0 Å². The van der Waals surface area contributed by atoms with Gasteiger partial charge in [0.05, 0.1) is 6.54 Å². The first-order valence-electron chi connectivity index (χ1n) is 4.89. The molecule has 0 spiro atoms. The van der Waals surface area contributed by atoms with Gasteiger partial charge in [-0.1, -0.05) is 15.9 Å². The minimum absolute atomic E-state index is 0.0161. The SMILES string of the molecule is CC(C)(CN=C(N)N)Sc1ccc(Br)cc1. The van der Waals surface area contributed by atoms with Gasteiger partial charge in [-0.15, -0.1) is 11.8 Å². The normalized spacial score (nSPS) is 11.2. The highest BCUT2D eigenvalue weighted by Crippen LogP contribution is 2.33. The second-order valence-corrected chi connectivity index (χ2v) is 6.75. The van der Waals surface area contributed by atoms with Gasteiger partial charge in [-0.25, -0.2) is 0 Å². The highest BCUT2D eigenvalue weighted by Gasteiger charge is 2.18. The van der Waals surface area contributed by atoms with Crippen molar-refractivity contribution in [1.29, 1.82) is 0 Å². The van der Waals surface area contributed by atoms with Crippen LogP contribution in [0.3, 0.4) is 0 Å². The summed E-state index contributed by atoms with van der Waals surface area (Å²) in [5, 5.41) is 0. The van der Waals surface area contributed by atoms with Crippen molar-refractivity contribution in [2.24, 2.45) is 16.5 Å². The zero-order valence-electron chi connectivity index (χ0n) is 9.40. The fourth-order valence-electron chi connectivity index (χ4n) is 1.14. The highest BCUT2D eigenvalue weighted by molar-refractivity contribution is 9.10. The van der Waals surface area contributed by atoms with Crippen LogP contribution in [0.15, 0.2) is 38.6 Å². The number of benzene rings is 1. The van der Waals surface area contributed by atoms with Crippen molar-refractivity contribution in [2.45, 2.75) is 23.5 Å². The van der Waals surface area contributed by atoms with E-state index >= 15 is 0 Å². The van der Waals surface area contributed by atoms with Gasteiger partial charge in [-0.2, -0.15) is 0 Å². The standard InChI is InChI=1S/C11H16BrN3S/c1-11(2,7-15-10(13)14)16-9-5-3-8(12)4-6-9/h3-6H,7H2,1-2H3,(H4,13,14,15). The number of halogens is 1.